The van der Waals surface area contributed by atoms with Crippen molar-refractivity contribution in [3.63, 3.8) is 0 Å². The first-order valence-electron chi connectivity index (χ1n) is 6.61. The van der Waals surface area contributed by atoms with Crippen LogP contribution in [0.4, 0.5) is 0 Å². The summed E-state index contributed by atoms with van der Waals surface area (Å²) in [6.07, 6.45) is 2.59. The molecule has 2 rings (SSSR count). The topological polar surface area (TPSA) is 41.7 Å². The van der Waals surface area contributed by atoms with Crippen LogP contribution in [0, 0.1) is 5.92 Å². The highest BCUT2D eigenvalue weighted by Gasteiger charge is 2.20. The van der Waals surface area contributed by atoms with Gasteiger partial charge in [-0.15, -0.1) is 0 Å². The maximum atomic E-state index is 5.69. The van der Waals surface area contributed by atoms with Gasteiger partial charge in [0.1, 0.15) is 0 Å². The van der Waals surface area contributed by atoms with Crippen LogP contribution < -0.4 is 5.73 Å². The molecule has 2 saturated heterocycles. The molecular formula is C12H25N3O. The summed E-state index contributed by atoms with van der Waals surface area (Å²) in [6.45, 7) is 9.88. The monoisotopic (exact) mass is 227 g/mol. The zero-order chi connectivity index (χ0) is 11.2. The van der Waals surface area contributed by atoms with E-state index in [9.17, 15) is 0 Å². The minimum atomic E-state index is 0.753. The number of rotatable bonds is 5. The van der Waals surface area contributed by atoms with Crippen LogP contribution in [-0.4, -0.2) is 68.8 Å². The van der Waals surface area contributed by atoms with E-state index >= 15 is 0 Å². The van der Waals surface area contributed by atoms with Gasteiger partial charge in [0.25, 0.3) is 0 Å². The summed E-state index contributed by atoms with van der Waals surface area (Å²) in [5.41, 5.74) is 5.69. The minimum absolute atomic E-state index is 0.753. The third kappa shape index (κ3) is 3.70. The Morgan fingerprint density at radius 2 is 1.81 bits per heavy atom. The van der Waals surface area contributed by atoms with Crippen molar-refractivity contribution < 1.29 is 4.74 Å². The van der Waals surface area contributed by atoms with Gasteiger partial charge in [0.05, 0.1) is 13.2 Å². The fraction of sp³-hybridized carbons (Fsp3) is 1.00. The molecule has 0 aromatic heterocycles. The summed E-state index contributed by atoms with van der Waals surface area (Å²) in [6, 6.07) is 0. The lowest BCUT2D eigenvalue weighted by Gasteiger charge is -2.27. The van der Waals surface area contributed by atoms with Crippen LogP contribution in [0.15, 0.2) is 0 Å². The highest BCUT2D eigenvalue weighted by Crippen LogP contribution is 2.14. The Morgan fingerprint density at radius 1 is 1.06 bits per heavy atom. The Kier molecular flexibility index (Phi) is 5.03. The molecule has 2 N–H and O–H groups in total. The second-order valence-corrected chi connectivity index (χ2v) is 5.00. The van der Waals surface area contributed by atoms with E-state index in [1.165, 1.54) is 39.0 Å². The molecule has 0 amide bonds. The lowest BCUT2D eigenvalue weighted by molar-refractivity contribution is 0.0363. The fourth-order valence-corrected chi connectivity index (χ4v) is 2.65. The Bertz CT molecular complexity index is 195. The zero-order valence-corrected chi connectivity index (χ0v) is 10.2. The van der Waals surface area contributed by atoms with Crippen LogP contribution in [0.1, 0.15) is 12.8 Å². The van der Waals surface area contributed by atoms with Crippen molar-refractivity contribution in [2.24, 2.45) is 11.7 Å². The van der Waals surface area contributed by atoms with Crippen molar-refractivity contribution in [1.29, 1.82) is 0 Å². The maximum Gasteiger partial charge on any atom is 0.0594 e. The van der Waals surface area contributed by atoms with Crippen molar-refractivity contribution in [2.75, 3.05) is 59.0 Å². The SMILES string of the molecule is NCC1CCN(CCCN2CCOCC2)C1. The van der Waals surface area contributed by atoms with Gasteiger partial charge in [-0.1, -0.05) is 0 Å². The van der Waals surface area contributed by atoms with E-state index < -0.39 is 0 Å². The van der Waals surface area contributed by atoms with E-state index in [0.717, 1.165) is 38.8 Å². The number of likely N-dealkylation sites (tertiary alicyclic amines) is 1. The third-order valence-corrected chi connectivity index (χ3v) is 3.76. The predicted octanol–water partition coefficient (Wildman–Crippen LogP) is -0.0107. The number of nitrogens with zero attached hydrogens (tertiary/aromatic N) is 2. The molecular weight excluding hydrogens is 202 g/mol. The van der Waals surface area contributed by atoms with Crippen LogP contribution in [0.2, 0.25) is 0 Å². The largest absolute Gasteiger partial charge is 0.379 e. The Balaban J connectivity index is 1.54. The van der Waals surface area contributed by atoms with Crippen molar-refractivity contribution >= 4 is 0 Å². The molecule has 0 bridgehead atoms. The standard InChI is InChI=1S/C12H25N3O/c13-10-12-2-5-15(11-12)4-1-3-14-6-8-16-9-7-14/h12H,1-11,13H2. The van der Waals surface area contributed by atoms with E-state index in [1.54, 1.807) is 0 Å². The summed E-state index contributed by atoms with van der Waals surface area (Å²) in [4.78, 5) is 5.08. The van der Waals surface area contributed by atoms with Crippen LogP contribution in [0.5, 0.6) is 0 Å². The molecule has 0 saturated carbocycles. The lowest BCUT2D eigenvalue weighted by atomic mass is 10.1. The number of hydrogen-bond acceptors (Lipinski definition) is 4. The molecule has 1 unspecified atom stereocenters. The molecule has 0 aromatic carbocycles. The number of morpholine rings is 1. The van der Waals surface area contributed by atoms with E-state index in [0.29, 0.717) is 0 Å². The van der Waals surface area contributed by atoms with Gasteiger partial charge < -0.3 is 15.4 Å². The van der Waals surface area contributed by atoms with Gasteiger partial charge in [-0.25, -0.2) is 0 Å². The molecule has 0 aliphatic carbocycles. The Labute approximate surface area is 98.7 Å². The smallest absolute Gasteiger partial charge is 0.0594 e. The molecule has 4 heteroatoms. The number of ether oxygens (including phenoxy) is 1. The second kappa shape index (κ2) is 6.55. The molecule has 0 radical (unpaired) electrons. The predicted molar refractivity (Wildman–Crippen MR) is 65.5 cm³/mol. The van der Waals surface area contributed by atoms with Gasteiger partial charge >= 0.3 is 0 Å². The van der Waals surface area contributed by atoms with Crippen molar-refractivity contribution in [3.05, 3.63) is 0 Å². The molecule has 0 spiro atoms. The lowest BCUT2D eigenvalue weighted by Crippen LogP contribution is -2.38. The van der Waals surface area contributed by atoms with E-state index in [4.69, 9.17) is 10.5 Å². The average molecular weight is 227 g/mol. The van der Waals surface area contributed by atoms with Gasteiger partial charge in [0.15, 0.2) is 0 Å². The molecule has 2 aliphatic heterocycles. The van der Waals surface area contributed by atoms with Crippen LogP contribution in [0.25, 0.3) is 0 Å². The molecule has 4 nitrogen and oxygen atoms in total. The average Bonchev–Trinajstić information content (AvgIpc) is 2.78. The summed E-state index contributed by atoms with van der Waals surface area (Å²) in [5, 5.41) is 0. The second-order valence-electron chi connectivity index (χ2n) is 5.00. The van der Waals surface area contributed by atoms with E-state index in [-0.39, 0.29) is 0 Å². The third-order valence-electron chi connectivity index (χ3n) is 3.76. The Hall–Kier alpha value is -0.160. The fourth-order valence-electron chi connectivity index (χ4n) is 2.65. The normalized spacial score (nSPS) is 28.7. The van der Waals surface area contributed by atoms with E-state index in [2.05, 4.69) is 9.80 Å². The molecule has 16 heavy (non-hydrogen) atoms. The first-order chi connectivity index (χ1) is 7.88. The first-order valence-corrected chi connectivity index (χ1v) is 6.61. The highest BCUT2D eigenvalue weighted by atomic mass is 16.5. The van der Waals surface area contributed by atoms with E-state index in [1.807, 2.05) is 0 Å². The van der Waals surface area contributed by atoms with Crippen molar-refractivity contribution in [1.82, 2.24) is 9.80 Å². The summed E-state index contributed by atoms with van der Waals surface area (Å²) >= 11 is 0. The van der Waals surface area contributed by atoms with Gasteiger partial charge in [-0.2, -0.15) is 0 Å². The van der Waals surface area contributed by atoms with Crippen LogP contribution in [0.3, 0.4) is 0 Å². The summed E-state index contributed by atoms with van der Waals surface area (Å²) in [7, 11) is 0. The van der Waals surface area contributed by atoms with Gasteiger partial charge in [0, 0.05) is 19.6 Å². The molecule has 2 heterocycles. The molecule has 94 valence electrons. The molecule has 2 fully saturated rings. The quantitative estimate of drug-likeness (QED) is 0.717. The maximum absolute atomic E-state index is 5.69. The summed E-state index contributed by atoms with van der Waals surface area (Å²) in [5.74, 6) is 0.753. The van der Waals surface area contributed by atoms with Gasteiger partial charge in [-0.3, -0.25) is 4.90 Å². The first kappa shape index (κ1) is 12.3. The molecule has 1 atom stereocenters. The highest BCUT2D eigenvalue weighted by molar-refractivity contribution is 4.76. The van der Waals surface area contributed by atoms with Crippen LogP contribution in [-0.2, 0) is 4.74 Å². The number of hydrogen-bond donors (Lipinski definition) is 1. The van der Waals surface area contributed by atoms with Crippen molar-refractivity contribution in [2.45, 2.75) is 12.8 Å². The van der Waals surface area contributed by atoms with Gasteiger partial charge in [-0.05, 0) is 44.9 Å². The molecule has 2 aliphatic rings. The van der Waals surface area contributed by atoms with Crippen LogP contribution >= 0.6 is 0 Å². The van der Waals surface area contributed by atoms with Crippen molar-refractivity contribution in [3.8, 4) is 0 Å². The zero-order valence-electron chi connectivity index (χ0n) is 10.2. The summed E-state index contributed by atoms with van der Waals surface area (Å²) < 4.78 is 5.34. The Morgan fingerprint density at radius 3 is 2.50 bits per heavy atom. The van der Waals surface area contributed by atoms with Gasteiger partial charge in [0.2, 0.25) is 0 Å². The number of nitrogens with two attached hydrogens (primary N) is 1. The minimum Gasteiger partial charge on any atom is -0.379 e. The molecule has 0 aromatic rings.